The molecule has 4 heteroatoms. The van der Waals surface area contributed by atoms with Crippen LogP contribution in [0, 0.1) is 0 Å². The molecule has 0 atom stereocenters. The Hall–Kier alpha value is -1.65. The number of nitrogens with two attached hydrogens (primary N) is 1. The number of fused-ring (bicyclic) bond motifs is 1. The first-order valence-electron chi connectivity index (χ1n) is 6.76. The lowest BCUT2D eigenvalue weighted by Crippen LogP contribution is -2.35. The Labute approximate surface area is 112 Å². The van der Waals surface area contributed by atoms with Gasteiger partial charge in [0, 0.05) is 36.9 Å². The number of aliphatic hydroxyl groups excluding tert-OH is 1. The van der Waals surface area contributed by atoms with Gasteiger partial charge in [-0.15, -0.1) is 0 Å². The van der Waals surface area contributed by atoms with Gasteiger partial charge in [0.15, 0.2) is 0 Å². The zero-order valence-corrected chi connectivity index (χ0v) is 10.9. The zero-order valence-electron chi connectivity index (χ0n) is 10.9. The molecular formula is C15H19N3O. The number of nitrogens with zero attached hydrogens (tertiary/aromatic N) is 2. The minimum Gasteiger partial charge on any atom is -0.398 e. The number of likely N-dealkylation sites (tertiary alicyclic amines) is 1. The van der Waals surface area contributed by atoms with E-state index in [1.54, 1.807) is 0 Å². The second-order valence-electron chi connectivity index (χ2n) is 5.22. The molecule has 19 heavy (non-hydrogen) atoms. The minimum absolute atomic E-state index is 0.127. The Kier molecular flexibility index (Phi) is 3.36. The molecular weight excluding hydrogens is 238 g/mol. The van der Waals surface area contributed by atoms with Crippen LogP contribution in [0.15, 0.2) is 30.5 Å². The number of aromatic nitrogens is 1. The summed E-state index contributed by atoms with van der Waals surface area (Å²) in [6, 6.07) is 7.95. The molecule has 0 unspecified atom stereocenters. The topological polar surface area (TPSA) is 62.4 Å². The third kappa shape index (κ3) is 2.55. The lowest BCUT2D eigenvalue weighted by molar-refractivity contribution is 0.0794. The van der Waals surface area contributed by atoms with Gasteiger partial charge in [0.1, 0.15) is 0 Å². The molecule has 1 aliphatic heterocycles. The Morgan fingerprint density at radius 2 is 2.05 bits per heavy atom. The molecule has 3 rings (SSSR count). The highest BCUT2D eigenvalue weighted by Gasteiger charge is 2.18. The summed E-state index contributed by atoms with van der Waals surface area (Å²) in [6.07, 6.45) is 3.41. The summed E-state index contributed by atoms with van der Waals surface area (Å²) < 4.78 is 0. The highest BCUT2D eigenvalue weighted by molar-refractivity contribution is 5.92. The third-order valence-electron chi connectivity index (χ3n) is 3.84. The molecule has 0 spiro atoms. The number of hydrogen-bond acceptors (Lipinski definition) is 4. The molecule has 4 nitrogen and oxygen atoms in total. The molecule has 100 valence electrons. The summed E-state index contributed by atoms with van der Waals surface area (Å²) in [7, 11) is 0. The van der Waals surface area contributed by atoms with E-state index in [1.807, 2.05) is 24.4 Å². The van der Waals surface area contributed by atoms with E-state index in [4.69, 9.17) is 5.73 Å². The largest absolute Gasteiger partial charge is 0.398 e. The fraction of sp³-hybridized carbons (Fsp3) is 0.400. The van der Waals surface area contributed by atoms with E-state index in [0.29, 0.717) is 0 Å². The van der Waals surface area contributed by atoms with Crippen LogP contribution in [0.5, 0.6) is 0 Å². The summed E-state index contributed by atoms with van der Waals surface area (Å²) in [4.78, 5) is 6.83. The van der Waals surface area contributed by atoms with E-state index in [-0.39, 0.29) is 6.10 Å². The van der Waals surface area contributed by atoms with Gasteiger partial charge in [0.25, 0.3) is 0 Å². The highest BCUT2D eigenvalue weighted by atomic mass is 16.3. The molecule has 1 aliphatic rings. The van der Waals surface area contributed by atoms with Crippen molar-refractivity contribution in [3.05, 3.63) is 36.0 Å². The van der Waals surface area contributed by atoms with E-state index < -0.39 is 0 Å². The Bertz CT molecular complexity index is 577. The number of benzene rings is 1. The van der Waals surface area contributed by atoms with Crippen molar-refractivity contribution >= 4 is 16.6 Å². The van der Waals surface area contributed by atoms with Gasteiger partial charge in [0.05, 0.1) is 11.6 Å². The third-order valence-corrected chi connectivity index (χ3v) is 3.84. The normalized spacial score (nSPS) is 17.9. The number of pyridine rings is 1. The first-order chi connectivity index (χ1) is 9.24. The predicted octanol–water partition coefficient (Wildman–Crippen LogP) is 1.77. The molecule has 0 aliphatic carbocycles. The van der Waals surface area contributed by atoms with Crippen molar-refractivity contribution < 1.29 is 5.11 Å². The lowest BCUT2D eigenvalue weighted by atomic mass is 10.0. The highest BCUT2D eigenvalue weighted by Crippen LogP contribution is 2.24. The number of nitrogen functional groups attached to an aromatic ring is 1. The van der Waals surface area contributed by atoms with Gasteiger partial charge in [-0.1, -0.05) is 6.07 Å². The van der Waals surface area contributed by atoms with Crippen LogP contribution in [-0.4, -0.2) is 34.2 Å². The maximum absolute atomic E-state index is 9.55. The molecule has 0 saturated carbocycles. The van der Waals surface area contributed by atoms with Gasteiger partial charge in [-0.05, 0) is 36.6 Å². The fourth-order valence-corrected chi connectivity index (χ4v) is 2.70. The van der Waals surface area contributed by atoms with Crippen molar-refractivity contribution in [3.8, 4) is 0 Å². The minimum atomic E-state index is -0.127. The quantitative estimate of drug-likeness (QED) is 0.805. The van der Waals surface area contributed by atoms with E-state index >= 15 is 0 Å². The number of aliphatic hydroxyl groups is 1. The Morgan fingerprint density at radius 3 is 2.84 bits per heavy atom. The second kappa shape index (κ2) is 5.15. The smallest absolute Gasteiger partial charge is 0.0767 e. The van der Waals surface area contributed by atoms with E-state index in [0.717, 1.165) is 49.1 Å². The van der Waals surface area contributed by atoms with E-state index in [1.165, 1.54) is 5.56 Å². The van der Waals surface area contributed by atoms with Crippen molar-refractivity contribution in [3.63, 3.8) is 0 Å². The van der Waals surface area contributed by atoms with Crippen LogP contribution in [0.2, 0.25) is 0 Å². The molecule has 2 heterocycles. The van der Waals surface area contributed by atoms with Crippen LogP contribution in [0.3, 0.4) is 0 Å². The first-order valence-corrected chi connectivity index (χ1v) is 6.76. The monoisotopic (exact) mass is 257 g/mol. The SMILES string of the molecule is Nc1ccc(CN2CCC(O)CC2)c2ncccc12. The summed E-state index contributed by atoms with van der Waals surface area (Å²) in [6.45, 7) is 2.76. The Balaban J connectivity index is 1.87. The Morgan fingerprint density at radius 1 is 1.26 bits per heavy atom. The standard InChI is InChI=1S/C15H19N3O/c16-14-4-3-11(15-13(14)2-1-7-17-15)10-18-8-5-12(19)6-9-18/h1-4,7,12,19H,5-6,8-10,16H2. The van der Waals surface area contributed by atoms with Gasteiger partial charge in [-0.2, -0.15) is 0 Å². The molecule has 1 aromatic heterocycles. The molecule has 0 amide bonds. The van der Waals surface area contributed by atoms with Gasteiger partial charge in [-0.25, -0.2) is 0 Å². The van der Waals surface area contributed by atoms with E-state index in [2.05, 4.69) is 16.0 Å². The fourth-order valence-electron chi connectivity index (χ4n) is 2.70. The van der Waals surface area contributed by atoms with Crippen LogP contribution >= 0.6 is 0 Å². The molecule has 2 aromatic rings. The molecule has 0 radical (unpaired) electrons. The number of rotatable bonds is 2. The molecule has 0 bridgehead atoms. The zero-order chi connectivity index (χ0) is 13.2. The van der Waals surface area contributed by atoms with Crippen molar-refractivity contribution in [1.29, 1.82) is 0 Å². The van der Waals surface area contributed by atoms with E-state index in [9.17, 15) is 5.11 Å². The summed E-state index contributed by atoms with van der Waals surface area (Å²) in [5.41, 5.74) is 8.97. The van der Waals surface area contributed by atoms with Crippen molar-refractivity contribution in [1.82, 2.24) is 9.88 Å². The van der Waals surface area contributed by atoms with Gasteiger partial charge >= 0.3 is 0 Å². The average molecular weight is 257 g/mol. The maximum Gasteiger partial charge on any atom is 0.0767 e. The molecule has 1 saturated heterocycles. The summed E-state index contributed by atoms with van der Waals surface area (Å²) in [5, 5.41) is 10.6. The van der Waals surface area contributed by atoms with Crippen LogP contribution < -0.4 is 5.73 Å². The lowest BCUT2D eigenvalue weighted by Gasteiger charge is -2.29. The molecule has 1 fully saturated rings. The molecule has 1 aromatic carbocycles. The van der Waals surface area contributed by atoms with Crippen LogP contribution in [0.1, 0.15) is 18.4 Å². The van der Waals surface area contributed by atoms with Crippen molar-refractivity contribution in [2.75, 3.05) is 18.8 Å². The first kappa shape index (κ1) is 12.4. The molecule has 3 N–H and O–H groups in total. The number of piperidine rings is 1. The number of hydrogen-bond donors (Lipinski definition) is 2. The predicted molar refractivity (Wildman–Crippen MR) is 76.7 cm³/mol. The van der Waals surface area contributed by atoms with Gasteiger partial charge in [0.2, 0.25) is 0 Å². The van der Waals surface area contributed by atoms with Crippen molar-refractivity contribution in [2.45, 2.75) is 25.5 Å². The van der Waals surface area contributed by atoms with Gasteiger partial charge in [-0.3, -0.25) is 9.88 Å². The average Bonchev–Trinajstić information content (AvgIpc) is 2.45. The van der Waals surface area contributed by atoms with Crippen molar-refractivity contribution in [2.24, 2.45) is 0 Å². The van der Waals surface area contributed by atoms with Crippen LogP contribution in [0.4, 0.5) is 5.69 Å². The second-order valence-corrected chi connectivity index (χ2v) is 5.22. The summed E-state index contributed by atoms with van der Waals surface area (Å²) >= 11 is 0. The number of anilines is 1. The maximum atomic E-state index is 9.55. The van der Waals surface area contributed by atoms with Gasteiger partial charge < -0.3 is 10.8 Å². The van der Waals surface area contributed by atoms with Crippen LogP contribution in [0.25, 0.3) is 10.9 Å². The van der Waals surface area contributed by atoms with Crippen LogP contribution in [-0.2, 0) is 6.54 Å². The summed E-state index contributed by atoms with van der Waals surface area (Å²) in [5.74, 6) is 0.